The average molecular weight is 365 g/mol. The number of rotatable bonds is 3. The molecular formula is C22H21ClN2O. The Bertz CT molecular complexity index is 939. The number of ketones is 1. The predicted octanol–water partition coefficient (Wildman–Crippen LogP) is 5.56. The molecule has 1 aliphatic carbocycles. The van der Waals surface area contributed by atoms with Gasteiger partial charge in [0.15, 0.2) is 5.78 Å². The van der Waals surface area contributed by atoms with Gasteiger partial charge in [-0.2, -0.15) is 5.10 Å². The van der Waals surface area contributed by atoms with Crippen molar-refractivity contribution in [2.24, 2.45) is 0 Å². The zero-order chi connectivity index (χ0) is 18.3. The highest BCUT2D eigenvalue weighted by Crippen LogP contribution is 2.34. The summed E-state index contributed by atoms with van der Waals surface area (Å²) in [6.45, 7) is 4.38. The van der Waals surface area contributed by atoms with Crippen LogP contribution in [0.2, 0.25) is 5.02 Å². The first kappa shape index (κ1) is 17.0. The minimum Gasteiger partial charge on any atom is -0.294 e. The molecule has 26 heavy (non-hydrogen) atoms. The Kier molecular flexibility index (Phi) is 4.41. The summed E-state index contributed by atoms with van der Waals surface area (Å²) in [7, 11) is 0. The van der Waals surface area contributed by atoms with Gasteiger partial charge in [0, 0.05) is 11.4 Å². The molecule has 4 rings (SSSR count). The SMILES string of the molecule is CC(C)c1ccc(C2CC(=O)c3cnn(-c4ccc(Cl)cc4)c3C2)cc1. The third-order valence-electron chi connectivity index (χ3n) is 5.19. The maximum absolute atomic E-state index is 12.7. The molecule has 0 spiro atoms. The number of benzene rings is 2. The lowest BCUT2D eigenvalue weighted by molar-refractivity contribution is 0.0963. The van der Waals surface area contributed by atoms with Crippen LogP contribution < -0.4 is 0 Å². The van der Waals surface area contributed by atoms with Crippen LogP contribution in [0.5, 0.6) is 0 Å². The third kappa shape index (κ3) is 3.08. The number of aromatic nitrogens is 2. The largest absolute Gasteiger partial charge is 0.294 e. The smallest absolute Gasteiger partial charge is 0.166 e. The number of fused-ring (bicyclic) bond motifs is 1. The number of Topliss-reactive ketones (excluding diaryl/α,β-unsaturated/α-hetero) is 1. The summed E-state index contributed by atoms with van der Waals surface area (Å²) in [6, 6.07) is 16.2. The predicted molar refractivity (Wildman–Crippen MR) is 104 cm³/mol. The number of nitrogens with zero attached hydrogens (tertiary/aromatic N) is 2. The van der Waals surface area contributed by atoms with Crippen LogP contribution in [0.25, 0.3) is 5.69 Å². The molecule has 0 aliphatic heterocycles. The molecule has 1 aromatic heterocycles. The minimum absolute atomic E-state index is 0.171. The fourth-order valence-corrected chi connectivity index (χ4v) is 3.76. The van der Waals surface area contributed by atoms with Gasteiger partial charge >= 0.3 is 0 Å². The summed E-state index contributed by atoms with van der Waals surface area (Å²) in [6.07, 6.45) is 3.05. The lowest BCUT2D eigenvalue weighted by atomic mass is 9.82. The van der Waals surface area contributed by atoms with Gasteiger partial charge < -0.3 is 0 Å². The van der Waals surface area contributed by atoms with E-state index >= 15 is 0 Å². The van der Waals surface area contributed by atoms with Crippen molar-refractivity contribution in [2.75, 3.05) is 0 Å². The fraction of sp³-hybridized carbons (Fsp3) is 0.273. The summed E-state index contributed by atoms with van der Waals surface area (Å²) < 4.78 is 1.87. The second-order valence-electron chi connectivity index (χ2n) is 7.24. The number of carbonyl (C=O) groups is 1. The Hall–Kier alpha value is -2.39. The number of hydrogen-bond acceptors (Lipinski definition) is 2. The van der Waals surface area contributed by atoms with Gasteiger partial charge in [-0.15, -0.1) is 0 Å². The van der Waals surface area contributed by atoms with Gasteiger partial charge in [-0.05, 0) is 53.6 Å². The van der Waals surface area contributed by atoms with Crippen LogP contribution in [0.15, 0.2) is 54.7 Å². The molecule has 0 radical (unpaired) electrons. The molecule has 3 aromatic rings. The molecule has 0 saturated carbocycles. The Balaban J connectivity index is 1.68. The van der Waals surface area contributed by atoms with Gasteiger partial charge in [0.2, 0.25) is 0 Å². The molecule has 0 fully saturated rings. The summed E-state index contributed by atoms with van der Waals surface area (Å²) in [5.74, 6) is 0.873. The van der Waals surface area contributed by atoms with E-state index in [2.05, 4.69) is 43.2 Å². The van der Waals surface area contributed by atoms with Crippen LogP contribution >= 0.6 is 11.6 Å². The van der Waals surface area contributed by atoms with Crippen LogP contribution in [-0.2, 0) is 6.42 Å². The third-order valence-corrected chi connectivity index (χ3v) is 5.44. The van der Waals surface area contributed by atoms with E-state index in [1.165, 1.54) is 11.1 Å². The monoisotopic (exact) mass is 364 g/mol. The lowest BCUT2D eigenvalue weighted by Crippen LogP contribution is -2.20. The molecule has 132 valence electrons. The highest BCUT2D eigenvalue weighted by molar-refractivity contribution is 6.30. The van der Waals surface area contributed by atoms with E-state index in [9.17, 15) is 4.79 Å². The zero-order valence-electron chi connectivity index (χ0n) is 14.9. The topological polar surface area (TPSA) is 34.9 Å². The van der Waals surface area contributed by atoms with Crippen molar-refractivity contribution in [3.05, 3.63) is 82.1 Å². The molecule has 0 saturated heterocycles. The van der Waals surface area contributed by atoms with Gasteiger partial charge in [-0.3, -0.25) is 4.79 Å². The molecule has 1 aliphatic rings. The molecule has 0 N–H and O–H groups in total. The summed E-state index contributed by atoms with van der Waals surface area (Å²) in [4.78, 5) is 12.7. The highest BCUT2D eigenvalue weighted by atomic mass is 35.5. The molecule has 1 heterocycles. The maximum atomic E-state index is 12.7. The van der Waals surface area contributed by atoms with Crippen molar-refractivity contribution < 1.29 is 4.79 Å². The maximum Gasteiger partial charge on any atom is 0.166 e. The van der Waals surface area contributed by atoms with Crippen LogP contribution in [0.4, 0.5) is 0 Å². The summed E-state index contributed by atoms with van der Waals surface area (Å²) in [5, 5.41) is 5.16. The van der Waals surface area contributed by atoms with Crippen molar-refractivity contribution in [2.45, 2.75) is 38.5 Å². The normalized spacial score (nSPS) is 16.8. The van der Waals surface area contributed by atoms with E-state index in [4.69, 9.17) is 11.6 Å². The van der Waals surface area contributed by atoms with Crippen LogP contribution in [0.1, 0.15) is 59.3 Å². The first-order chi connectivity index (χ1) is 12.5. The molecule has 2 aromatic carbocycles. The Morgan fingerprint density at radius 1 is 1.04 bits per heavy atom. The first-order valence-electron chi connectivity index (χ1n) is 8.99. The lowest BCUT2D eigenvalue weighted by Gasteiger charge is -2.23. The first-order valence-corrected chi connectivity index (χ1v) is 9.36. The van der Waals surface area contributed by atoms with Gasteiger partial charge in [0.25, 0.3) is 0 Å². The van der Waals surface area contributed by atoms with Crippen molar-refractivity contribution in [1.82, 2.24) is 9.78 Å². The summed E-state index contributed by atoms with van der Waals surface area (Å²) >= 11 is 5.99. The van der Waals surface area contributed by atoms with Crippen LogP contribution in [-0.4, -0.2) is 15.6 Å². The fourth-order valence-electron chi connectivity index (χ4n) is 3.64. The Labute approximate surface area is 158 Å². The van der Waals surface area contributed by atoms with Crippen molar-refractivity contribution in [1.29, 1.82) is 0 Å². The molecule has 4 heteroatoms. The van der Waals surface area contributed by atoms with Crippen molar-refractivity contribution in [3.63, 3.8) is 0 Å². The molecular weight excluding hydrogens is 344 g/mol. The van der Waals surface area contributed by atoms with Gasteiger partial charge in [-0.1, -0.05) is 49.7 Å². The van der Waals surface area contributed by atoms with E-state index in [0.29, 0.717) is 17.4 Å². The molecule has 0 bridgehead atoms. The van der Waals surface area contributed by atoms with Crippen LogP contribution in [0, 0.1) is 0 Å². The Morgan fingerprint density at radius 2 is 1.73 bits per heavy atom. The quantitative estimate of drug-likeness (QED) is 0.609. The van der Waals surface area contributed by atoms with Gasteiger partial charge in [0.1, 0.15) is 0 Å². The van der Waals surface area contributed by atoms with Crippen molar-refractivity contribution >= 4 is 17.4 Å². The number of carbonyl (C=O) groups excluding carboxylic acids is 1. The van der Waals surface area contributed by atoms with Crippen LogP contribution in [0.3, 0.4) is 0 Å². The van der Waals surface area contributed by atoms with E-state index in [1.54, 1.807) is 6.20 Å². The minimum atomic E-state index is 0.171. The average Bonchev–Trinajstić information content (AvgIpc) is 3.07. The van der Waals surface area contributed by atoms with Gasteiger partial charge in [0.05, 0.1) is 23.1 Å². The standard InChI is InChI=1S/C22H21ClN2O/c1-14(2)15-3-5-16(6-4-15)17-11-21-20(22(26)12-17)13-24-25(21)19-9-7-18(23)8-10-19/h3-10,13-14,17H,11-12H2,1-2H3. The van der Waals surface area contributed by atoms with Gasteiger partial charge in [-0.25, -0.2) is 4.68 Å². The molecule has 3 nitrogen and oxygen atoms in total. The number of halogens is 1. The second kappa shape index (κ2) is 6.73. The van der Waals surface area contributed by atoms with E-state index in [1.807, 2.05) is 28.9 Å². The number of hydrogen-bond donors (Lipinski definition) is 0. The second-order valence-corrected chi connectivity index (χ2v) is 7.68. The Morgan fingerprint density at radius 3 is 2.38 bits per heavy atom. The molecule has 0 amide bonds. The zero-order valence-corrected chi connectivity index (χ0v) is 15.7. The highest BCUT2D eigenvalue weighted by Gasteiger charge is 2.30. The van der Waals surface area contributed by atoms with Crippen molar-refractivity contribution in [3.8, 4) is 5.69 Å². The molecule has 1 atom stereocenters. The van der Waals surface area contributed by atoms with E-state index in [0.717, 1.165) is 23.4 Å². The summed E-state index contributed by atoms with van der Waals surface area (Å²) in [5.41, 5.74) is 5.20. The van der Waals surface area contributed by atoms with E-state index in [-0.39, 0.29) is 11.7 Å². The molecule has 1 unspecified atom stereocenters. The van der Waals surface area contributed by atoms with E-state index < -0.39 is 0 Å².